The molecule has 1 heterocycles. The molecule has 1 amide bonds. The number of rotatable bonds is 5. The number of hydrogen-bond acceptors (Lipinski definition) is 4. The van der Waals surface area contributed by atoms with E-state index in [-0.39, 0.29) is 11.8 Å². The first-order valence-electron chi connectivity index (χ1n) is 7.24. The number of anilines is 1. The van der Waals surface area contributed by atoms with Crippen LogP contribution in [0, 0.1) is 6.92 Å². The molecule has 1 N–H and O–H groups in total. The molecule has 22 heavy (non-hydrogen) atoms. The number of aromatic nitrogens is 2. The van der Waals surface area contributed by atoms with E-state index < -0.39 is 0 Å². The van der Waals surface area contributed by atoms with Gasteiger partial charge in [0.05, 0.1) is 6.61 Å². The Bertz CT molecular complexity index is 651. The summed E-state index contributed by atoms with van der Waals surface area (Å²) < 4.78 is 5.06. The Morgan fingerprint density at radius 2 is 1.91 bits per heavy atom. The Hall–Kier alpha value is -2.27. The third-order valence-electron chi connectivity index (χ3n) is 3.16. The highest BCUT2D eigenvalue weighted by Crippen LogP contribution is 2.15. The van der Waals surface area contributed by atoms with Gasteiger partial charge in [0, 0.05) is 30.4 Å². The molecule has 5 heteroatoms. The van der Waals surface area contributed by atoms with Crippen molar-refractivity contribution in [1.29, 1.82) is 0 Å². The van der Waals surface area contributed by atoms with Crippen molar-refractivity contribution in [2.75, 3.05) is 12.4 Å². The van der Waals surface area contributed by atoms with Gasteiger partial charge in [0.15, 0.2) is 0 Å². The lowest BCUT2D eigenvalue weighted by Crippen LogP contribution is -2.14. The molecule has 0 aliphatic rings. The zero-order valence-corrected chi connectivity index (χ0v) is 13.4. The predicted molar refractivity (Wildman–Crippen MR) is 86.0 cm³/mol. The van der Waals surface area contributed by atoms with Gasteiger partial charge < -0.3 is 10.1 Å². The second-order valence-electron chi connectivity index (χ2n) is 5.49. The molecule has 5 nitrogen and oxygen atoms in total. The van der Waals surface area contributed by atoms with Gasteiger partial charge in [-0.15, -0.1) is 0 Å². The van der Waals surface area contributed by atoms with Gasteiger partial charge in [-0.3, -0.25) is 4.79 Å². The molecule has 0 radical (unpaired) electrons. The van der Waals surface area contributed by atoms with Crippen LogP contribution < -0.4 is 5.32 Å². The normalized spacial score (nSPS) is 10.8. The third kappa shape index (κ3) is 4.11. The Labute approximate surface area is 130 Å². The maximum absolute atomic E-state index is 12.3. The van der Waals surface area contributed by atoms with Crippen LogP contribution in [0.15, 0.2) is 30.3 Å². The summed E-state index contributed by atoms with van der Waals surface area (Å²) in [6.07, 6.45) is 0. The van der Waals surface area contributed by atoms with Crippen molar-refractivity contribution in [3.8, 4) is 0 Å². The van der Waals surface area contributed by atoms with Crippen LogP contribution in [0.4, 0.5) is 5.82 Å². The molecular weight excluding hydrogens is 278 g/mol. The summed E-state index contributed by atoms with van der Waals surface area (Å²) in [5.41, 5.74) is 2.45. The Balaban J connectivity index is 2.14. The van der Waals surface area contributed by atoms with Crippen molar-refractivity contribution in [3.63, 3.8) is 0 Å². The lowest BCUT2D eigenvalue weighted by Gasteiger charge is -2.10. The van der Waals surface area contributed by atoms with E-state index in [1.807, 2.05) is 32.9 Å². The number of carbonyl (C=O) groups is 1. The SMILES string of the molecule is COCc1ccc(C(=O)Nc2cc(C)nc(C(C)C)n2)cc1. The van der Waals surface area contributed by atoms with Crippen LogP contribution in [0.5, 0.6) is 0 Å². The summed E-state index contributed by atoms with van der Waals surface area (Å²) in [5, 5.41) is 2.82. The van der Waals surface area contributed by atoms with Crippen LogP contribution in [-0.2, 0) is 11.3 Å². The summed E-state index contributed by atoms with van der Waals surface area (Å²) >= 11 is 0. The number of benzene rings is 1. The van der Waals surface area contributed by atoms with Gasteiger partial charge in [-0.1, -0.05) is 26.0 Å². The van der Waals surface area contributed by atoms with Gasteiger partial charge in [-0.25, -0.2) is 9.97 Å². The number of methoxy groups -OCH3 is 1. The van der Waals surface area contributed by atoms with E-state index in [4.69, 9.17) is 4.74 Å². The van der Waals surface area contributed by atoms with Crippen molar-refractivity contribution < 1.29 is 9.53 Å². The highest BCUT2D eigenvalue weighted by molar-refractivity contribution is 6.03. The van der Waals surface area contributed by atoms with Crippen LogP contribution in [-0.4, -0.2) is 23.0 Å². The van der Waals surface area contributed by atoms with Gasteiger partial charge in [-0.2, -0.15) is 0 Å². The number of nitrogens with zero attached hydrogens (tertiary/aromatic N) is 2. The zero-order chi connectivity index (χ0) is 16.1. The summed E-state index contributed by atoms with van der Waals surface area (Å²) in [7, 11) is 1.64. The van der Waals surface area contributed by atoms with Crippen LogP contribution in [0.1, 0.15) is 47.2 Å². The first-order chi connectivity index (χ1) is 10.5. The second-order valence-corrected chi connectivity index (χ2v) is 5.49. The minimum Gasteiger partial charge on any atom is -0.380 e. The van der Waals surface area contributed by atoms with E-state index in [0.717, 1.165) is 17.1 Å². The van der Waals surface area contributed by atoms with Crippen molar-refractivity contribution in [1.82, 2.24) is 9.97 Å². The third-order valence-corrected chi connectivity index (χ3v) is 3.16. The Kier molecular flexibility index (Phi) is 5.22. The highest BCUT2D eigenvalue weighted by atomic mass is 16.5. The number of nitrogens with one attached hydrogen (secondary N) is 1. The van der Waals surface area contributed by atoms with Gasteiger partial charge in [0.25, 0.3) is 5.91 Å². The van der Waals surface area contributed by atoms with E-state index in [1.54, 1.807) is 25.3 Å². The van der Waals surface area contributed by atoms with Crippen molar-refractivity contribution in [3.05, 3.63) is 53.0 Å². The minimum absolute atomic E-state index is 0.184. The minimum atomic E-state index is -0.184. The molecule has 0 saturated heterocycles. The van der Waals surface area contributed by atoms with E-state index in [2.05, 4.69) is 15.3 Å². The molecule has 0 fully saturated rings. The van der Waals surface area contributed by atoms with Crippen molar-refractivity contribution in [2.24, 2.45) is 0 Å². The van der Waals surface area contributed by atoms with Gasteiger partial charge >= 0.3 is 0 Å². The van der Waals surface area contributed by atoms with Crippen LogP contribution >= 0.6 is 0 Å². The quantitative estimate of drug-likeness (QED) is 0.920. The summed E-state index contributed by atoms with van der Waals surface area (Å²) in [4.78, 5) is 21.0. The molecular formula is C17H21N3O2. The fraction of sp³-hybridized carbons (Fsp3) is 0.353. The molecule has 0 aliphatic carbocycles. The molecule has 0 unspecified atom stereocenters. The van der Waals surface area contributed by atoms with E-state index in [9.17, 15) is 4.79 Å². The van der Waals surface area contributed by atoms with Crippen LogP contribution in [0.2, 0.25) is 0 Å². The molecule has 0 bridgehead atoms. The first-order valence-corrected chi connectivity index (χ1v) is 7.24. The summed E-state index contributed by atoms with van der Waals surface area (Å²) in [5.74, 6) is 1.29. The summed E-state index contributed by atoms with van der Waals surface area (Å²) in [6, 6.07) is 9.08. The van der Waals surface area contributed by atoms with Gasteiger partial charge in [0.2, 0.25) is 0 Å². The fourth-order valence-corrected chi connectivity index (χ4v) is 2.02. The number of ether oxygens (including phenoxy) is 1. The maximum atomic E-state index is 12.3. The second kappa shape index (κ2) is 7.13. The number of hydrogen-bond donors (Lipinski definition) is 1. The van der Waals surface area contributed by atoms with Gasteiger partial charge in [0.1, 0.15) is 11.6 Å². The van der Waals surface area contributed by atoms with E-state index in [0.29, 0.717) is 18.0 Å². The smallest absolute Gasteiger partial charge is 0.256 e. The average molecular weight is 299 g/mol. The fourth-order valence-electron chi connectivity index (χ4n) is 2.02. The molecule has 0 atom stereocenters. The van der Waals surface area contributed by atoms with Crippen molar-refractivity contribution in [2.45, 2.75) is 33.3 Å². The Morgan fingerprint density at radius 3 is 2.50 bits per heavy atom. The molecule has 2 aromatic rings. The number of carbonyl (C=O) groups excluding carboxylic acids is 1. The van der Waals surface area contributed by atoms with Crippen molar-refractivity contribution >= 4 is 11.7 Å². The molecule has 1 aromatic carbocycles. The molecule has 0 aliphatic heterocycles. The predicted octanol–water partition coefficient (Wildman–Crippen LogP) is 3.31. The lowest BCUT2D eigenvalue weighted by molar-refractivity contribution is 0.102. The van der Waals surface area contributed by atoms with E-state index >= 15 is 0 Å². The standard InChI is InChI=1S/C17H21N3O2/c1-11(2)16-18-12(3)9-15(19-16)20-17(21)14-7-5-13(6-8-14)10-22-4/h5-9,11H,10H2,1-4H3,(H,18,19,20,21). The molecule has 0 saturated carbocycles. The van der Waals surface area contributed by atoms with Crippen LogP contribution in [0.3, 0.4) is 0 Å². The molecule has 2 rings (SSSR count). The molecule has 0 spiro atoms. The molecule has 116 valence electrons. The van der Waals surface area contributed by atoms with Crippen LogP contribution in [0.25, 0.3) is 0 Å². The first kappa shape index (κ1) is 16.1. The topological polar surface area (TPSA) is 64.1 Å². The average Bonchev–Trinajstić information content (AvgIpc) is 2.47. The van der Waals surface area contributed by atoms with Gasteiger partial charge in [-0.05, 0) is 24.6 Å². The monoisotopic (exact) mass is 299 g/mol. The number of aryl methyl sites for hydroxylation is 1. The summed E-state index contributed by atoms with van der Waals surface area (Å²) in [6.45, 7) is 6.47. The molecule has 1 aromatic heterocycles. The Morgan fingerprint density at radius 1 is 1.23 bits per heavy atom. The maximum Gasteiger partial charge on any atom is 0.256 e. The largest absolute Gasteiger partial charge is 0.380 e. The highest BCUT2D eigenvalue weighted by Gasteiger charge is 2.10. The van der Waals surface area contributed by atoms with E-state index in [1.165, 1.54) is 0 Å². The number of amides is 1. The zero-order valence-electron chi connectivity index (χ0n) is 13.4. The lowest BCUT2D eigenvalue weighted by atomic mass is 10.1.